The first-order chi connectivity index (χ1) is 17.4. The molecule has 2 atom stereocenters. The van der Waals surface area contributed by atoms with Gasteiger partial charge in [0.25, 0.3) is 5.91 Å². The molecule has 8 heteroatoms. The Kier molecular flexibility index (Phi) is 11.0. The fourth-order valence-corrected chi connectivity index (χ4v) is 3.91. The van der Waals surface area contributed by atoms with Crippen LogP contribution in [0, 0.1) is 6.92 Å². The van der Waals surface area contributed by atoms with Gasteiger partial charge in [0.05, 0.1) is 0 Å². The van der Waals surface area contributed by atoms with Gasteiger partial charge in [-0.15, -0.1) is 0 Å². The van der Waals surface area contributed by atoms with Crippen LogP contribution < -0.4 is 10.6 Å². The minimum atomic E-state index is -0.975. The van der Waals surface area contributed by atoms with Gasteiger partial charge < -0.3 is 25.4 Å². The molecular weight excluding hydrogens is 470 g/mol. The van der Waals surface area contributed by atoms with Crippen LogP contribution in [0.1, 0.15) is 77.5 Å². The van der Waals surface area contributed by atoms with E-state index in [-0.39, 0.29) is 11.7 Å². The summed E-state index contributed by atoms with van der Waals surface area (Å²) in [5.41, 5.74) is 1.38. The molecule has 2 aromatic rings. The SMILES string of the molecule is CCCCCCN(C(=O)C(C)NC(=O)OC(C)(C)C)C(C(=O)Nc1ccccc1C)c1ccc(O)cc1. The third kappa shape index (κ3) is 9.44. The number of hydrogen-bond donors (Lipinski definition) is 3. The molecule has 0 saturated heterocycles. The number of phenolic OH excluding ortho intramolecular Hbond substituents is 1. The summed E-state index contributed by atoms with van der Waals surface area (Å²) in [6.45, 7) is 11.1. The van der Waals surface area contributed by atoms with E-state index in [1.165, 1.54) is 17.0 Å². The number of benzene rings is 2. The van der Waals surface area contributed by atoms with Gasteiger partial charge in [0, 0.05) is 12.2 Å². The summed E-state index contributed by atoms with van der Waals surface area (Å²) in [5, 5.41) is 15.4. The number of hydrogen-bond acceptors (Lipinski definition) is 5. The number of rotatable bonds is 11. The van der Waals surface area contributed by atoms with Gasteiger partial charge in [0.1, 0.15) is 23.4 Å². The molecule has 2 aromatic carbocycles. The zero-order chi connectivity index (χ0) is 27.6. The van der Waals surface area contributed by atoms with E-state index in [0.29, 0.717) is 24.2 Å². The molecule has 0 aliphatic rings. The van der Waals surface area contributed by atoms with Gasteiger partial charge in [-0.2, -0.15) is 0 Å². The number of carbonyl (C=O) groups is 3. The summed E-state index contributed by atoms with van der Waals surface area (Å²) in [6, 6.07) is 11.8. The van der Waals surface area contributed by atoms with Crippen molar-refractivity contribution < 1.29 is 24.2 Å². The smallest absolute Gasteiger partial charge is 0.408 e. The number of aromatic hydroxyl groups is 1. The van der Waals surface area contributed by atoms with Gasteiger partial charge in [-0.05, 0) is 70.4 Å². The van der Waals surface area contributed by atoms with Crippen LogP contribution in [0.4, 0.5) is 10.5 Å². The van der Waals surface area contributed by atoms with Crippen molar-refractivity contribution in [2.45, 2.75) is 84.9 Å². The summed E-state index contributed by atoms with van der Waals surface area (Å²) >= 11 is 0. The maximum Gasteiger partial charge on any atom is 0.408 e. The number of alkyl carbamates (subject to hydrolysis) is 1. The van der Waals surface area contributed by atoms with Gasteiger partial charge in [0.2, 0.25) is 5.91 Å². The van der Waals surface area contributed by atoms with Crippen LogP contribution >= 0.6 is 0 Å². The lowest BCUT2D eigenvalue weighted by Gasteiger charge is -2.34. The topological polar surface area (TPSA) is 108 Å². The Morgan fingerprint density at radius 3 is 2.24 bits per heavy atom. The molecule has 0 bridgehead atoms. The van der Waals surface area contributed by atoms with Crippen LogP contribution in [0.2, 0.25) is 0 Å². The number of amides is 3. The molecule has 2 unspecified atom stereocenters. The number of carbonyl (C=O) groups excluding carboxylic acids is 3. The molecule has 202 valence electrons. The highest BCUT2D eigenvalue weighted by molar-refractivity contribution is 5.99. The van der Waals surface area contributed by atoms with E-state index in [0.717, 1.165) is 24.8 Å². The van der Waals surface area contributed by atoms with Crippen molar-refractivity contribution >= 4 is 23.6 Å². The molecule has 0 aromatic heterocycles. The fourth-order valence-electron chi connectivity index (χ4n) is 3.91. The number of nitrogens with zero attached hydrogens (tertiary/aromatic N) is 1. The number of phenols is 1. The quantitative estimate of drug-likeness (QED) is 0.335. The largest absolute Gasteiger partial charge is 0.508 e. The molecule has 8 nitrogen and oxygen atoms in total. The van der Waals surface area contributed by atoms with Crippen LogP contribution in [0.15, 0.2) is 48.5 Å². The minimum Gasteiger partial charge on any atom is -0.508 e. The van der Waals surface area contributed by atoms with E-state index >= 15 is 0 Å². The first-order valence-corrected chi connectivity index (χ1v) is 12.9. The van der Waals surface area contributed by atoms with Crippen LogP contribution in [-0.2, 0) is 14.3 Å². The van der Waals surface area contributed by atoms with Gasteiger partial charge in [0.15, 0.2) is 0 Å². The van der Waals surface area contributed by atoms with Crippen LogP contribution in [0.5, 0.6) is 5.75 Å². The molecule has 3 amide bonds. The zero-order valence-electron chi connectivity index (χ0n) is 22.8. The maximum absolute atomic E-state index is 13.7. The van der Waals surface area contributed by atoms with E-state index in [1.54, 1.807) is 45.9 Å². The highest BCUT2D eigenvalue weighted by Gasteiger charge is 2.34. The number of aryl methyl sites for hydroxylation is 1. The van der Waals surface area contributed by atoms with Crippen molar-refractivity contribution in [3.63, 3.8) is 0 Å². The number of unbranched alkanes of at least 4 members (excludes halogenated alkanes) is 3. The predicted molar refractivity (Wildman–Crippen MR) is 145 cm³/mol. The van der Waals surface area contributed by atoms with Crippen molar-refractivity contribution in [3.05, 3.63) is 59.7 Å². The van der Waals surface area contributed by atoms with Crippen molar-refractivity contribution in [1.82, 2.24) is 10.2 Å². The fraction of sp³-hybridized carbons (Fsp3) is 0.483. The summed E-state index contributed by atoms with van der Waals surface area (Å²) in [4.78, 5) is 41.4. The summed E-state index contributed by atoms with van der Waals surface area (Å²) < 4.78 is 5.32. The first-order valence-electron chi connectivity index (χ1n) is 12.9. The highest BCUT2D eigenvalue weighted by atomic mass is 16.6. The van der Waals surface area contributed by atoms with Gasteiger partial charge in [-0.3, -0.25) is 9.59 Å². The Labute approximate surface area is 220 Å². The molecule has 0 spiro atoms. The molecule has 0 aliphatic carbocycles. The Balaban J connectivity index is 2.42. The molecule has 0 radical (unpaired) electrons. The highest BCUT2D eigenvalue weighted by Crippen LogP contribution is 2.27. The van der Waals surface area contributed by atoms with Crippen LogP contribution in [0.25, 0.3) is 0 Å². The number of nitrogens with one attached hydrogen (secondary N) is 2. The summed E-state index contributed by atoms with van der Waals surface area (Å²) in [6.07, 6.45) is 2.93. The average Bonchev–Trinajstić information content (AvgIpc) is 2.81. The van der Waals surface area contributed by atoms with Crippen molar-refractivity contribution in [2.75, 3.05) is 11.9 Å². The zero-order valence-corrected chi connectivity index (χ0v) is 22.8. The molecular formula is C29H41N3O5. The monoisotopic (exact) mass is 511 g/mol. The van der Waals surface area contributed by atoms with Gasteiger partial charge in [-0.25, -0.2) is 4.79 Å². The molecule has 0 saturated carbocycles. The van der Waals surface area contributed by atoms with Crippen LogP contribution in [0.3, 0.4) is 0 Å². The van der Waals surface area contributed by atoms with Crippen molar-refractivity contribution in [3.8, 4) is 5.75 Å². The third-order valence-corrected chi connectivity index (χ3v) is 5.81. The van der Waals surface area contributed by atoms with E-state index < -0.39 is 29.7 Å². The molecule has 0 aliphatic heterocycles. The van der Waals surface area contributed by atoms with Gasteiger partial charge in [-0.1, -0.05) is 56.5 Å². The Morgan fingerprint density at radius 2 is 1.65 bits per heavy atom. The number of ether oxygens (including phenoxy) is 1. The van der Waals surface area contributed by atoms with Gasteiger partial charge >= 0.3 is 6.09 Å². The first kappa shape index (κ1) is 29.7. The van der Waals surface area contributed by atoms with E-state index in [1.807, 2.05) is 25.1 Å². The lowest BCUT2D eigenvalue weighted by atomic mass is 10.0. The summed E-state index contributed by atoms with van der Waals surface area (Å²) in [7, 11) is 0. The molecule has 2 rings (SSSR count). The van der Waals surface area contributed by atoms with E-state index in [4.69, 9.17) is 4.74 Å². The Bertz CT molecular complexity index is 1050. The molecule has 37 heavy (non-hydrogen) atoms. The second kappa shape index (κ2) is 13.7. The number of para-hydroxylation sites is 1. The maximum atomic E-state index is 13.7. The molecule has 0 heterocycles. The second-order valence-corrected chi connectivity index (χ2v) is 10.3. The normalized spacial score (nSPS) is 12.8. The predicted octanol–water partition coefficient (Wildman–Crippen LogP) is 5.70. The minimum absolute atomic E-state index is 0.0580. The van der Waals surface area contributed by atoms with Crippen molar-refractivity contribution in [1.29, 1.82) is 0 Å². The standard InChI is InChI=1S/C29H41N3O5/c1-7-8-9-12-19-32(27(35)21(3)30-28(36)37-29(4,5)6)25(22-15-17-23(33)18-16-22)26(34)31-24-14-11-10-13-20(24)2/h10-11,13-18,21,25,33H,7-9,12,19H2,1-6H3,(H,30,36)(H,31,34). The molecule has 0 fully saturated rings. The van der Waals surface area contributed by atoms with Crippen molar-refractivity contribution in [2.24, 2.45) is 0 Å². The third-order valence-electron chi connectivity index (χ3n) is 5.81. The lowest BCUT2D eigenvalue weighted by molar-refractivity contribution is -0.140. The Hall–Kier alpha value is -3.55. The van der Waals surface area contributed by atoms with E-state index in [2.05, 4.69) is 17.6 Å². The van der Waals surface area contributed by atoms with E-state index in [9.17, 15) is 19.5 Å². The lowest BCUT2D eigenvalue weighted by Crippen LogP contribution is -2.51. The Morgan fingerprint density at radius 1 is 1.00 bits per heavy atom. The van der Waals surface area contributed by atoms with Crippen LogP contribution in [-0.4, -0.2) is 46.1 Å². The average molecular weight is 512 g/mol. The second-order valence-electron chi connectivity index (χ2n) is 10.3. The summed E-state index contributed by atoms with van der Waals surface area (Å²) in [5.74, 6) is -0.726. The molecule has 3 N–H and O–H groups in total. The number of anilines is 1.